The number of nitrogens with one attached hydrogen (secondary N) is 2. The molecule has 2 aromatic rings. The summed E-state index contributed by atoms with van der Waals surface area (Å²) in [6.45, 7) is 3.82. The van der Waals surface area contributed by atoms with E-state index in [1.807, 2.05) is 24.3 Å². The lowest BCUT2D eigenvalue weighted by molar-refractivity contribution is 0.102. The van der Waals surface area contributed by atoms with Crippen LogP contribution in [0.3, 0.4) is 0 Å². The van der Waals surface area contributed by atoms with Crippen LogP contribution in [0.4, 0.5) is 5.69 Å². The first-order valence-electron chi connectivity index (χ1n) is 7.23. The lowest BCUT2D eigenvalue weighted by Gasteiger charge is -2.11. The van der Waals surface area contributed by atoms with Gasteiger partial charge in [-0.1, -0.05) is 24.6 Å². The van der Waals surface area contributed by atoms with Crippen LogP contribution in [0.2, 0.25) is 5.02 Å². The molecule has 3 rings (SSSR count). The van der Waals surface area contributed by atoms with Gasteiger partial charge in [-0.05, 0) is 47.2 Å². The predicted molar refractivity (Wildman–Crippen MR) is 92.8 cm³/mol. The molecule has 22 heavy (non-hydrogen) atoms. The number of hydrogen-bond donors (Lipinski definition) is 2. The van der Waals surface area contributed by atoms with Gasteiger partial charge in [-0.25, -0.2) is 0 Å². The van der Waals surface area contributed by atoms with Gasteiger partial charge in [0.25, 0.3) is 5.91 Å². The van der Waals surface area contributed by atoms with Crippen LogP contribution in [0, 0.1) is 0 Å². The van der Waals surface area contributed by atoms with E-state index in [-0.39, 0.29) is 5.91 Å². The second-order valence-electron chi connectivity index (χ2n) is 5.11. The third-order valence-electron chi connectivity index (χ3n) is 3.58. The zero-order valence-electron chi connectivity index (χ0n) is 12.3. The van der Waals surface area contributed by atoms with Crippen LogP contribution >= 0.6 is 23.4 Å². The monoisotopic (exact) mass is 332 g/mol. The van der Waals surface area contributed by atoms with Gasteiger partial charge in [0.2, 0.25) is 0 Å². The summed E-state index contributed by atoms with van der Waals surface area (Å²) in [5.74, 6) is 0.788. The number of anilines is 1. The number of rotatable bonds is 4. The van der Waals surface area contributed by atoms with E-state index in [0.29, 0.717) is 10.6 Å². The summed E-state index contributed by atoms with van der Waals surface area (Å²) in [4.78, 5) is 13.5. The molecule has 114 valence electrons. The van der Waals surface area contributed by atoms with Crippen molar-refractivity contribution in [2.45, 2.75) is 24.9 Å². The first kappa shape index (κ1) is 15.4. The van der Waals surface area contributed by atoms with Crippen molar-refractivity contribution < 1.29 is 4.79 Å². The molecule has 1 amide bonds. The average molecular weight is 333 g/mol. The molecule has 2 aromatic carbocycles. The maximum Gasteiger partial charge on any atom is 0.256 e. The van der Waals surface area contributed by atoms with E-state index in [4.69, 9.17) is 11.6 Å². The highest BCUT2D eigenvalue weighted by Crippen LogP contribution is 2.27. The molecule has 0 bridgehead atoms. The van der Waals surface area contributed by atoms with Crippen molar-refractivity contribution in [2.75, 3.05) is 11.1 Å². The summed E-state index contributed by atoms with van der Waals surface area (Å²) >= 11 is 7.68. The maximum atomic E-state index is 12.6. The fourth-order valence-electron chi connectivity index (χ4n) is 2.53. The third kappa shape index (κ3) is 3.29. The summed E-state index contributed by atoms with van der Waals surface area (Å²) in [6, 6.07) is 11.5. The molecule has 5 heteroatoms. The molecule has 1 aliphatic heterocycles. The number of halogens is 1. The second-order valence-corrected chi connectivity index (χ2v) is 6.86. The number of carbonyl (C=O) groups excluding carboxylic acids is 1. The Kier molecular flexibility index (Phi) is 4.71. The van der Waals surface area contributed by atoms with Gasteiger partial charge in [0, 0.05) is 28.7 Å². The third-order valence-corrected chi connectivity index (χ3v) is 4.77. The fourth-order valence-corrected chi connectivity index (χ4v) is 3.49. The summed E-state index contributed by atoms with van der Waals surface area (Å²) < 4.78 is 0. The Hall–Kier alpha value is -1.49. The molecule has 0 aliphatic carbocycles. The molecule has 0 spiro atoms. The van der Waals surface area contributed by atoms with Crippen LogP contribution in [0.5, 0.6) is 0 Å². The molecule has 0 unspecified atom stereocenters. The highest BCUT2D eigenvalue weighted by Gasteiger charge is 2.15. The number of benzene rings is 2. The first-order chi connectivity index (χ1) is 10.7. The van der Waals surface area contributed by atoms with E-state index >= 15 is 0 Å². The Morgan fingerprint density at radius 3 is 2.86 bits per heavy atom. The Morgan fingerprint density at radius 2 is 2.05 bits per heavy atom. The summed E-state index contributed by atoms with van der Waals surface area (Å²) in [6.07, 6.45) is 0. The topological polar surface area (TPSA) is 41.1 Å². The van der Waals surface area contributed by atoms with Crippen molar-refractivity contribution >= 4 is 35.0 Å². The van der Waals surface area contributed by atoms with Gasteiger partial charge in [-0.2, -0.15) is 0 Å². The fraction of sp³-hybridized carbons (Fsp3) is 0.235. The van der Waals surface area contributed by atoms with E-state index in [2.05, 4.69) is 23.6 Å². The Balaban J connectivity index is 1.84. The smallest absolute Gasteiger partial charge is 0.256 e. The number of thioether (sulfide) groups is 1. The van der Waals surface area contributed by atoms with Gasteiger partial charge < -0.3 is 10.6 Å². The summed E-state index contributed by atoms with van der Waals surface area (Å²) in [5, 5.41) is 6.85. The molecule has 2 N–H and O–H groups in total. The summed E-state index contributed by atoms with van der Waals surface area (Å²) in [7, 11) is 0. The zero-order chi connectivity index (χ0) is 15.5. The van der Waals surface area contributed by atoms with Gasteiger partial charge in [-0.15, -0.1) is 11.8 Å². The first-order valence-corrected chi connectivity index (χ1v) is 8.60. The minimum atomic E-state index is -0.121. The molecule has 1 aliphatic rings. The minimum Gasteiger partial charge on any atom is -0.322 e. The molecular weight excluding hydrogens is 316 g/mol. The van der Waals surface area contributed by atoms with E-state index < -0.39 is 0 Å². The molecule has 0 aromatic heterocycles. The van der Waals surface area contributed by atoms with Crippen LogP contribution in [-0.2, 0) is 13.1 Å². The van der Waals surface area contributed by atoms with Crippen LogP contribution in [0.25, 0.3) is 0 Å². The Labute approximate surface area is 139 Å². The van der Waals surface area contributed by atoms with Gasteiger partial charge in [0.1, 0.15) is 0 Å². The Morgan fingerprint density at radius 1 is 1.23 bits per heavy atom. The molecule has 3 nitrogen and oxygen atoms in total. The average Bonchev–Trinajstić information content (AvgIpc) is 2.97. The molecule has 0 radical (unpaired) electrons. The molecule has 0 fully saturated rings. The summed E-state index contributed by atoms with van der Waals surface area (Å²) in [5.41, 5.74) is 3.98. The van der Waals surface area contributed by atoms with E-state index in [0.717, 1.165) is 29.4 Å². The lowest BCUT2D eigenvalue weighted by atomic mass is 10.1. The van der Waals surface area contributed by atoms with E-state index in [1.54, 1.807) is 17.8 Å². The number of hydrogen-bond acceptors (Lipinski definition) is 3. The van der Waals surface area contributed by atoms with Crippen LogP contribution in [-0.4, -0.2) is 11.7 Å². The SMILES string of the molecule is CCSc1ccc(Cl)cc1C(=O)Nc1ccc2c(c1)CNC2. The standard InChI is InChI=1S/C17H17ClN2OS/c1-2-22-16-6-4-13(18)8-15(16)17(21)20-14-5-3-11-9-19-10-12(11)7-14/h3-8,19H,2,9-10H2,1H3,(H,20,21). The predicted octanol–water partition coefficient (Wildman–Crippen LogP) is 4.31. The highest BCUT2D eigenvalue weighted by atomic mass is 35.5. The van der Waals surface area contributed by atoms with Gasteiger partial charge in [0.05, 0.1) is 5.56 Å². The van der Waals surface area contributed by atoms with Crippen LogP contribution < -0.4 is 10.6 Å². The van der Waals surface area contributed by atoms with Crippen molar-refractivity contribution in [3.63, 3.8) is 0 Å². The number of amides is 1. The number of carbonyl (C=O) groups is 1. The van der Waals surface area contributed by atoms with Crippen molar-refractivity contribution in [3.05, 3.63) is 58.1 Å². The highest BCUT2D eigenvalue weighted by molar-refractivity contribution is 7.99. The molecular formula is C17H17ClN2OS. The van der Waals surface area contributed by atoms with Gasteiger partial charge >= 0.3 is 0 Å². The molecule has 1 heterocycles. The van der Waals surface area contributed by atoms with Crippen LogP contribution in [0.1, 0.15) is 28.4 Å². The van der Waals surface area contributed by atoms with Crippen molar-refractivity contribution in [3.8, 4) is 0 Å². The van der Waals surface area contributed by atoms with Crippen LogP contribution in [0.15, 0.2) is 41.3 Å². The van der Waals surface area contributed by atoms with E-state index in [1.165, 1.54) is 11.1 Å². The second kappa shape index (κ2) is 6.73. The minimum absolute atomic E-state index is 0.121. The lowest BCUT2D eigenvalue weighted by Crippen LogP contribution is -2.13. The normalized spacial score (nSPS) is 13.0. The van der Waals surface area contributed by atoms with E-state index in [9.17, 15) is 4.79 Å². The zero-order valence-corrected chi connectivity index (χ0v) is 13.9. The maximum absolute atomic E-state index is 12.6. The van der Waals surface area contributed by atoms with Crippen molar-refractivity contribution in [1.82, 2.24) is 5.32 Å². The van der Waals surface area contributed by atoms with Crippen molar-refractivity contribution in [1.29, 1.82) is 0 Å². The van der Waals surface area contributed by atoms with Crippen molar-refractivity contribution in [2.24, 2.45) is 0 Å². The molecule has 0 saturated carbocycles. The van der Waals surface area contributed by atoms with Gasteiger partial charge in [0.15, 0.2) is 0 Å². The largest absolute Gasteiger partial charge is 0.322 e. The Bertz CT molecular complexity index is 718. The number of fused-ring (bicyclic) bond motifs is 1. The quantitative estimate of drug-likeness (QED) is 0.820. The molecule has 0 atom stereocenters. The molecule has 0 saturated heterocycles. The van der Waals surface area contributed by atoms with Gasteiger partial charge in [-0.3, -0.25) is 4.79 Å².